The number of fused-ring (bicyclic) bond motifs is 1. The number of aromatic nitrogens is 1. The number of aryl methyl sites for hydroxylation is 2. The zero-order valence-electron chi connectivity index (χ0n) is 13.8. The van der Waals surface area contributed by atoms with Crippen LogP contribution in [0, 0.1) is 6.92 Å². The monoisotopic (exact) mass is 319 g/mol. The number of pyridine rings is 1. The molecule has 2 rings (SSSR count). The Balaban J connectivity index is 2.63. The fraction of sp³-hybridized carbons (Fsp3) is 0.412. The van der Waals surface area contributed by atoms with Crippen LogP contribution in [-0.2, 0) is 16.5 Å². The van der Waals surface area contributed by atoms with E-state index in [-0.39, 0.29) is 12.2 Å². The van der Waals surface area contributed by atoms with Crippen molar-refractivity contribution in [2.75, 3.05) is 26.9 Å². The van der Waals surface area contributed by atoms with Crippen molar-refractivity contribution in [2.45, 2.75) is 13.8 Å². The Morgan fingerprint density at radius 1 is 1.22 bits per heavy atom. The molecular formula is C17H21NO5. The molecule has 0 aliphatic heterocycles. The summed E-state index contributed by atoms with van der Waals surface area (Å²) in [5, 5.41) is 0.814. The number of hydrogen-bond acceptors (Lipinski definition) is 5. The van der Waals surface area contributed by atoms with Gasteiger partial charge in [-0.3, -0.25) is 4.79 Å². The number of ether oxygens (including phenoxy) is 3. The van der Waals surface area contributed by atoms with E-state index in [9.17, 15) is 9.59 Å². The van der Waals surface area contributed by atoms with Crippen molar-refractivity contribution in [3.63, 3.8) is 0 Å². The van der Waals surface area contributed by atoms with Gasteiger partial charge in [-0.05, 0) is 25.5 Å². The molecule has 0 amide bonds. The molecule has 1 aromatic heterocycles. The third-order valence-corrected chi connectivity index (χ3v) is 3.60. The van der Waals surface area contributed by atoms with Gasteiger partial charge in [0.25, 0.3) is 5.56 Å². The van der Waals surface area contributed by atoms with Crippen molar-refractivity contribution in [1.82, 2.24) is 4.57 Å². The number of nitrogens with zero attached hydrogens (tertiary/aromatic N) is 1. The minimum absolute atomic E-state index is 0.110. The molecule has 2 aromatic rings. The van der Waals surface area contributed by atoms with Gasteiger partial charge in [-0.2, -0.15) is 0 Å². The molecular weight excluding hydrogens is 298 g/mol. The number of rotatable bonds is 6. The van der Waals surface area contributed by atoms with Gasteiger partial charge in [0.1, 0.15) is 17.9 Å². The Morgan fingerprint density at radius 3 is 2.61 bits per heavy atom. The van der Waals surface area contributed by atoms with E-state index >= 15 is 0 Å². The molecule has 1 aromatic carbocycles. The van der Waals surface area contributed by atoms with Crippen LogP contribution in [0.2, 0.25) is 0 Å². The Labute approximate surface area is 134 Å². The maximum absolute atomic E-state index is 12.2. The molecule has 0 saturated heterocycles. The number of carbonyl (C=O) groups is 1. The molecule has 0 N–H and O–H groups in total. The van der Waals surface area contributed by atoms with Crippen molar-refractivity contribution >= 4 is 16.9 Å². The first-order valence-electron chi connectivity index (χ1n) is 7.42. The number of carbonyl (C=O) groups excluding carboxylic acids is 1. The average molecular weight is 319 g/mol. The lowest BCUT2D eigenvalue weighted by molar-refractivity contribution is 0.0520. The lowest BCUT2D eigenvalue weighted by atomic mass is 10.1. The van der Waals surface area contributed by atoms with E-state index in [0.717, 1.165) is 10.9 Å². The van der Waals surface area contributed by atoms with Crippen molar-refractivity contribution in [3.8, 4) is 5.75 Å². The topological polar surface area (TPSA) is 66.8 Å². The van der Waals surface area contributed by atoms with Crippen molar-refractivity contribution < 1.29 is 19.0 Å². The Bertz CT molecular complexity index is 779. The van der Waals surface area contributed by atoms with Gasteiger partial charge in [0, 0.05) is 31.7 Å². The molecule has 1 heterocycles. The summed E-state index contributed by atoms with van der Waals surface area (Å²) in [6.45, 7) is 4.56. The summed E-state index contributed by atoms with van der Waals surface area (Å²) in [5.41, 5.74) is 1.74. The number of hydrogen-bond donors (Lipinski definition) is 0. The van der Waals surface area contributed by atoms with Crippen LogP contribution in [0.25, 0.3) is 10.9 Å². The predicted molar refractivity (Wildman–Crippen MR) is 87.3 cm³/mol. The summed E-state index contributed by atoms with van der Waals surface area (Å²) in [6, 6.07) is 4.96. The van der Waals surface area contributed by atoms with Gasteiger partial charge in [0.15, 0.2) is 0 Å². The number of methoxy groups -OCH3 is 1. The summed E-state index contributed by atoms with van der Waals surface area (Å²) < 4.78 is 17.2. The molecule has 0 fully saturated rings. The van der Waals surface area contributed by atoms with Crippen molar-refractivity contribution in [3.05, 3.63) is 39.7 Å². The summed E-state index contributed by atoms with van der Waals surface area (Å²) >= 11 is 0. The van der Waals surface area contributed by atoms with Gasteiger partial charge in [0.05, 0.1) is 18.7 Å². The highest BCUT2D eigenvalue weighted by molar-refractivity contribution is 5.98. The van der Waals surface area contributed by atoms with Crippen LogP contribution in [0.3, 0.4) is 0 Å². The maximum Gasteiger partial charge on any atom is 0.341 e. The van der Waals surface area contributed by atoms with Crippen molar-refractivity contribution in [2.24, 2.45) is 7.05 Å². The van der Waals surface area contributed by atoms with Crippen LogP contribution >= 0.6 is 0 Å². The average Bonchev–Trinajstić information content (AvgIpc) is 2.52. The quantitative estimate of drug-likeness (QED) is 0.602. The molecule has 0 saturated carbocycles. The van der Waals surface area contributed by atoms with Crippen LogP contribution in [0.5, 0.6) is 5.75 Å². The summed E-state index contributed by atoms with van der Waals surface area (Å²) in [6.07, 6.45) is 0. The molecule has 124 valence electrons. The molecule has 0 unspecified atom stereocenters. The molecule has 6 heteroatoms. The zero-order valence-corrected chi connectivity index (χ0v) is 13.8. The van der Waals surface area contributed by atoms with E-state index < -0.39 is 5.97 Å². The van der Waals surface area contributed by atoms with E-state index in [0.29, 0.717) is 30.0 Å². The number of benzene rings is 1. The Hall–Kier alpha value is -2.34. The summed E-state index contributed by atoms with van der Waals surface area (Å²) in [7, 11) is 3.26. The second kappa shape index (κ2) is 7.28. The molecule has 6 nitrogen and oxygen atoms in total. The van der Waals surface area contributed by atoms with E-state index in [1.807, 2.05) is 6.92 Å². The van der Waals surface area contributed by atoms with Crippen LogP contribution in [0.1, 0.15) is 22.8 Å². The lowest BCUT2D eigenvalue weighted by Crippen LogP contribution is -2.18. The van der Waals surface area contributed by atoms with E-state index in [4.69, 9.17) is 14.2 Å². The fourth-order valence-corrected chi connectivity index (χ4v) is 2.36. The van der Waals surface area contributed by atoms with Gasteiger partial charge >= 0.3 is 5.97 Å². The molecule has 23 heavy (non-hydrogen) atoms. The smallest absolute Gasteiger partial charge is 0.341 e. The normalized spacial score (nSPS) is 10.8. The highest BCUT2D eigenvalue weighted by atomic mass is 16.5. The van der Waals surface area contributed by atoms with E-state index in [1.54, 1.807) is 39.3 Å². The van der Waals surface area contributed by atoms with E-state index in [2.05, 4.69) is 0 Å². The Morgan fingerprint density at radius 2 is 1.96 bits per heavy atom. The van der Waals surface area contributed by atoms with Crippen LogP contribution in [0.4, 0.5) is 0 Å². The lowest BCUT2D eigenvalue weighted by Gasteiger charge is -2.14. The highest BCUT2D eigenvalue weighted by Gasteiger charge is 2.17. The van der Waals surface area contributed by atoms with Gasteiger partial charge in [-0.1, -0.05) is 0 Å². The minimum Gasteiger partial charge on any atom is -0.490 e. The highest BCUT2D eigenvalue weighted by Crippen LogP contribution is 2.28. The molecule has 0 aliphatic carbocycles. The molecule has 0 spiro atoms. The van der Waals surface area contributed by atoms with Crippen LogP contribution in [-0.4, -0.2) is 37.5 Å². The van der Waals surface area contributed by atoms with Gasteiger partial charge in [-0.25, -0.2) is 4.79 Å². The summed E-state index contributed by atoms with van der Waals surface area (Å²) in [5.74, 6) is -0.0660. The third kappa shape index (κ3) is 3.53. The van der Waals surface area contributed by atoms with Gasteiger partial charge in [-0.15, -0.1) is 0 Å². The number of esters is 1. The van der Waals surface area contributed by atoms with Gasteiger partial charge < -0.3 is 18.8 Å². The van der Waals surface area contributed by atoms with Gasteiger partial charge in [0.2, 0.25) is 0 Å². The molecule has 0 radical (unpaired) electrons. The molecule has 0 bridgehead atoms. The van der Waals surface area contributed by atoms with E-state index in [1.165, 1.54) is 4.57 Å². The third-order valence-electron chi connectivity index (χ3n) is 3.60. The maximum atomic E-state index is 12.2. The zero-order chi connectivity index (χ0) is 17.0. The largest absolute Gasteiger partial charge is 0.490 e. The standard InChI is InChI=1S/C17H21NO5/c1-5-22-17(20)13-9-12-11(2)8-16(19)18(3)14(12)10-15(13)23-7-6-21-4/h8-10H,5-7H2,1-4H3. The first-order chi connectivity index (χ1) is 11.0. The Kier molecular flexibility index (Phi) is 5.39. The molecule has 0 aliphatic rings. The van der Waals surface area contributed by atoms with Crippen LogP contribution in [0.15, 0.2) is 23.0 Å². The molecule has 0 atom stereocenters. The minimum atomic E-state index is -0.449. The summed E-state index contributed by atoms with van der Waals surface area (Å²) in [4.78, 5) is 24.2. The fourth-order valence-electron chi connectivity index (χ4n) is 2.36. The first-order valence-corrected chi connectivity index (χ1v) is 7.42. The SMILES string of the molecule is CCOC(=O)c1cc2c(C)cc(=O)n(C)c2cc1OCCOC. The van der Waals surface area contributed by atoms with Crippen molar-refractivity contribution in [1.29, 1.82) is 0 Å². The second-order valence-electron chi connectivity index (χ2n) is 5.15. The first kappa shape index (κ1) is 17.0. The second-order valence-corrected chi connectivity index (χ2v) is 5.15. The van der Waals surface area contributed by atoms with Crippen LogP contribution < -0.4 is 10.3 Å². The predicted octanol–water partition coefficient (Wildman–Crippen LogP) is 2.05.